The molecule has 1 N–H and O–H groups in total. The molecule has 0 aromatic heterocycles. The average Bonchev–Trinajstić information content (AvgIpc) is 3.01. The smallest absolute Gasteiger partial charge is 0.269 e. The minimum atomic E-state index is -3.93. The van der Waals surface area contributed by atoms with Crippen molar-refractivity contribution in [1.29, 1.82) is 0 Å². The second kappa shape index (κ2) is 11.0. The predicted octanol–water partition coefficient (Wildman–Crippen LogP) is 3.21. The van der Waals surface area contributed by atoms with Gasteiger partial charge in [0.25, 0.3) is 15.9 Å². The molecule has 1 aliphatic rings. The third-order valence-electron chi connectivity index (χ3n) is 5.62. The first-order valence-electron chi connectivity index (χ1n) is 11.1. The Morgan fingerprint density at radius 1 is 1.15 bits per heavy atom. The van der Waals surface area contributed by atoms with E-state index in [1.54, 1.807) is 37.3 Å². The van der Waals surface area contributed by atoms with Crippen LogP contribution in [0.25, 0.3) is 0 Å². The summed E-state index contributed by atoms with van der Waals surface area (Å²) in [4.78, 5) is 39.7. The molecule has 0 aliphatic carbocycles. The number of nitrogens with zero attached hydrogens (tertiary/aromatic N) is 2. The van der Waals surface area contributed by atoms with E-state index in [1.165, 1.54) is 17.0 Å². The molecule has 0 spiro atoms. The van der Waals surface area contributed by atoms with Crippen LogP contribution in [0.1, 0.15) is 49.0 Å². The first kappa shape index (κ1) is 25.7. The second-order valence-corrected chi connectivity index (χ2v) is 10.4. The molecule has 0 saturated heterocycles. The summed E-state index contributed by atoms with van der Waals surface area (Å²) in [5.74, 6) is -1.18. The molecular weight excluding hydrogens is 478 g/mol. The number of benzene rings is 2. The zero-order valence-corrected chi connectivity index (χ0v) is 20.7. The Hall–Kier alpha value is -2.91. The van der Waals surface area contributed by atoms with Crippen molar-refractivity contribution in [3.05, 3.63) is 64.7 Å². The van der Waals surface area contributed by atoms with Crippen LogP contribution in [0.2, 0.25) is 5.02 Å². The second-order valence-electron chi connectivity index (χ2n) is 8.10. The largest absolute Gasteiger partial charge is 0.354 e. The van der Waals surface area contributed by atoms with Crippen LogP contribution < -0.4 is 5.32 Å². The number of carbonyl (C=O) groups excluding carboxylic acids is 3. The molecule has 3 rings (SSSR count). The van der Waals surface area contributed by atoms with E-state index >= 15 is 0 Å². The Balaban J connectivity index is 1.70. The third kappa shape index (κ3) is 5.59. The number of rotatable bonds is 10. The molecule has 1 aliphatic heterocycles. The van der Waals surface area contributed by atoms with Crippen LogP contribution in [-0.4, -0.2) is 54.5 Å². The summed E-state index contributed by atoms with van der Waals surface area (Å²) in [6.07, 6.45) is 0.871. The maximum Gasteiger partial charge on any atom is 0.269 e. The molecule has 0 fully saturated rings. The van der Waals surface area contributed by atoms with Crippen molar-refractivity contribution in [2.24, 2.45) is 0 Å². The molecular formula is C24H28ClN3O5S. The molecule has 0 unspecified atom stereocenters. The molecule has 0 bridgehead atoms. The SMILES string of the molecule is CCCNC(=O)[C@H](C)N(Cc1cccc(Cl)c1)C(=O)CCCN1C(=O)c2ccccc2S1(=O)=O. The Morgan fingerprint density at radius 2 is 1.88 bits per heavy atom. The molecule has 2 aromatic rings. The van der Waals surface area contributed by atoms with Crippen LogP contribution in [0, 0.1) is 0 Å². The van der Waals surface area contributed by atoms with Gasteiger partial charge >= 0.3 is 0 Å². The zero-order chi connectivity index (χ0) is 24.9. The topological polar surface area (TPSA) is 104 Å². The van der Waals surface area contributed by atoms with Gasteiger partial charge in [-0.15, -0.1) is 0 Å². The molecule has 8 nitrogen and oxygen atoms in total. The van der Waals surface area contributed by atoms with E-state index in [1.807, 2.05) is 13.0 Å². The summed E-state index contributed by atoms with van der Waals surface area (Å²) in [7, 11) is -3.93. The summed E-state index contributed by atoms with van der Waals surface area (Å²) >= 11 is 6.08. The summed E-state index contributed by atoms with van der Waals surface area (Å²) in [5.41, 5.74) is 0.904. The summed E-state index contributed by atoms with van der Waals surface area (Å²) < 4.78 is 26.2. The van der Waals surface area contributed by atoms with Crippen LogP contribution in [0.5, 0.6) is 0 Å². The number of nitrogens with one attached hydrogen (secondary N) is 1. The molecule has 0 radical (unpaired) electrons. The van der Waals surface area contributed by atoms with Gasteiger partial charge in [0.05, 0.1) is 5.56 Å². The Kier molecular flexibility index (Phi) is 8.33. The standard InChI is InChI=1S/C24H28ClN3O5S/c1-3-13-26-23(30)17(2)27(16-18-8-6-9-19(25)15-18)22(29)12-7-14-28-24(31)20-10-4-5-11-21(20)34(28,32)33/h4-6,8-11,15,17H,3,7,12-14,16H2,1-2H3,(H,26,30)/t17-/m0/s1. The molecule has 10 heteroatoms. The highest BCUT2D eigenvalue weighted by molar-refractivity contribution is 7.90. The lowest BCUT2D eigenvalue weighted by Crippen LogP contribution is -2.47. The van der Waals surface area contributed by atoms with Crippen molar-refractivity contribution in [3.8, 4) is 0 Å². The third-order valence-corrected chi connectivity index (χ3v) is 7.70. The molecule has 2 aromatic carbocycles. The molecule has 1 heterocycles. The highest BCUT2D eigenvalue weighted by atomic mass is 35.5. The fraction of sp³-hybridized carbons (Fsp3) is 0.375. The van der Waals surface area contributed by atoms with Crippen LogP contribution in [-0.2, 0) is 26.2 Å². The first-order valence-corrected chi connectivity index (χ1v) is 13.0. The van der Waals surface area contributed by atoms with E-state index in [4.69, 9.17) is 11.6 Å². The molecule has 3 amide bonds. The highest BCUT2D eigenvalue weighted by Crippen LogP contribution is 2.30. The maximum absolute atomic E-state index is 13.1. The van der Waals surface area contributed by atoms with E-state index < -0.39 is 22.0 Å². The lowest BCUT2D eigenvalue weighted by atomic mass is 10.1. The van der Waals surface area contributed by atoms with Crippen LogP contribution >= 0.6 is 11.6 Å². The number of carbonyl (C=O) groups is 3. The van der Waals surface area contributed by atoms with E-state index in [2.05, 4.69) is 5.32 Å². The van der Waals surface area contributed by atoms with Crippen molar-refractivity contribution in [2.45, 2.75) is 50.6 Å². The fourth-order valence-corrected chi connectivity index (χ4v) is 5.60. The Morgan fingerprint density at radius 3 is 2.56 bits per heavy atom. The predicted molar refractivity (Wildman–Crippen MR) is 129 cm³/mol. The normalized spacial score (nSPS) is 15.0. The molecule has 0 saturated carbocycles. The molecule has 34 heavy (non-hydrogen) atoms. The van der Waals surface area contributed by atoms with E-state index in [-0.39, 0.29) is 48.2 Å². The first-order chi connectivity index (χ1) is 16.2. The monoisotopic (exact) mass is 505 g/mol. The molecule has 182 valence electrons. The lowest BCUT2D eigenvalue weighted by molar-refractivity contribution is -0.140. The van der Waals surface area contributed by atoms with Crippen molar-refractivity contribution in [3.63, 3.8) is 0 Å². The number of halogens is 1. The maximum atomic E-state index is 13.1. The number of hydrogen-bond acceptors (Lipinski definition) is 5. The van der Waals surface area contributed by atoms with Crippen molar-refractivity contribution in [2.75, 3.05) is 13.1 Å². The quantitative estimate of drug-likeness (QED) is 0.534. The highest BCUT2D eigenvalue weighted by Gasteiger charge is 2.40. The van der Waals surface area contributed by atoms with Gasteiger partial charge in [0.1, 0.15) is 10.9 Å². The van der Waals surface area contributed by atoms with Crippen molar-refractivity contribution in [1.82, 2.24) is 14.5 Å². The Bertz CT molecular complexity index is 1180. The van der Waals surface area contributed by atoms with Gasteiger partial charge in [0, 0.05) is 31.1 Å². The fourth-order valence-electron chi connectivity index (χ4n) is 3.78. The number of amides is 3. The van der Waals surface area contributed by atoms with Crippen molar-refractivity contribution < 1.29 is 22.8 Å². The summed E-state index contributed by atoms with van der Waals surface area (Å²) in [6, 6.07) is 12.3. The lowest BCUT2D eigenvalue weighted by Gasteiger charge is -2.29. The average molecular weight is 506 g/mol. The van der Waals surface area contributed by atoms with Gasteiger partial charge in [-0.1, -0.05) is 42.8 Å². The van der Waals surface area contributed by atoms with Gasteiger partial charge in [0.15, 0.2) is 0 Å². The zero-order valence-electron chi connectivity index (χ0n) is 19.2. The Labute approximate surface area is 204 Å². The minimum Gasteiger partial charge on any atom is -0.354 e. The van der Waals surface area contributed by atoms with Gasteiger partial charge in [-0.3, -0.25) is 14.4 Å². The van der Waals surface area contributed by atoms with Gasteiger partial charge in [0.2, 0.25) is 11.8 Å². The van der Waals surface area contributed by atoms with Crippen LogP contribution in [0.4, 0.5) is 0 Å². The summed E-state index contributed by atoms with van der Waals surface area (Å²) in [5, 5.41) is 3.32. The minimum absolute atomic E-state index is 0.0184. The van der Waals surface area contributed by atoms with Gasteiger partial charge in [-0.2, -0.15) is 0 Å². The van der Waals surface area contributed by atoms with E-state index in [0.29, 0.717) is 11.6 Å². The summed E-state index contributed by atoms with van der Waals surface area (Å²) in [6.45, 7) is 4.14. The number of fused-ring (bicyclic) bond motifs is 1. The van der Waals surface area contributed by atoms with Gasteiger partial charge in [-0.25, -0.2) is 12.7 Å². The molecule has 1 atom stereocenters. The van der Waals surface area contributed by atoms with Crippen LogP contribution in [0.3, 0.4) is 0 Å². The van der Waals surface area contributed by atoms with E-state index in [9.17, 15) is 22.8 Å². The van der Waals surface area contributed by atoms with Crippen molar-refractivity contribution >= 4 is 39.3 Å². The van der Waals surface area contributed by atoms with Gasteiger partial charge in [-0.05, 0) is 49.6 Å². The number of hydrogen-bond donors (Lipinski definition) is 1. The number of sulfonamides is 1. The van der Waals surface area contributed by atoms with Crippen LogP contribution in [0.15, 0.2) is 53.4 Å². The van der Waals surface area contributed by atoms with Gasteiger partial charge < -0.3 is 10.2 Å². The van der Waals surface area contributed by atoms with E-state index in [0.717, 1.165) is 16.3 Å².